The number of nitrogens with two attached hydrogens (primary N) is 1. The molecule has 0 aliphatic heterocycles. The summed E-state index contributed by atoms with van der Waals surface area (Å²) in [6, 6.07) is 0. The molecule has 11 heavy (non-hydrogen) atoms. The lowest BCUT2D eigenvalue weighted by Crippen LogP contribution is -2.15. The fourth-order valence-electron chi connectivity index (χ4n) is 0.625. The standard InChI is InChI=1S/C7H16N2O2/c1-9-4-6-11-5-2-3-7(8)10/h9H,2-6H2,1H3,(H2,8,10). The number of ether oxygens (including phenoxy) is 1. The van der Waals surface area contributed by atoms with Crippen molar-refractivity contribution in [1.82, 2.24) is 5.32 Å². The highest BCUT2D eigenvalue weighted by atomic mass is 16.5. The maximum Gasteiger partial charge on any atom is 0.217 e. The Morgan fingerprint density at radius 1 is 1.55 bits per heavy atom. The largest absolute Gasteiger partial charge is 0.380 e. The van der Waals surface area contributed by atoms with Crippen LogP contribution in [-0.4, -0.2) is 32.7 Å². The van der Waals surface area contributed by atoms with Crippen LogP contribution in [0.25, 0.3) is 0 Å². The summed E-state index contributed by atoms with van der Waals surface area (Å²) in [7, 11) is 1.87. The second kappa shape index (κ2) is 7.50. The highest BCUT2D eigenvalue weighted by Crippen LogP contribution is 1.87. The van der Waals surface area contributed by atoms with E-state index in [9.17, 15) is 4.79 Å². The van der Waals surface area contributed by atoms with Crippen LogP contribution in [0.4, 0.5) is 0 Å². The van der Waals surface area contributed by atoms with Crippen LogP contribution in [-0.2, 0) is 9.53 Å². The van der Waals surface area contributed by atoms with Gasteiger partial charge in [-0.15, -0.1) is 0 Å². The average Bonchev–Trinajstić information content (AvgIpc) is 1.96. The van der Waals surface area contributed by atoms with Gasteiger partial charge in [0.15, 0.2) is 0 Å². The normalized spacial score (nSPS) is 9.91. The molecule has 0 aromatic carbocycles. The predicted octanol–water partition coefficient (Wildman–Crippen LogP) is -0.512. The van der Waals surface area contributed by atoms with Crippen LogP contribution in [0.1, 0.15) is 12.8 Å². The van der Waals surface area contributed by atoms with Gasteiger partial charge in [0.05, 0.1) is 6.61 Å². The van der Waals surface area contributed by atoms with Crippen LogP contribution in [0, 0.1) is 0 Å². The molecule has 3 N–H and O–H groups in total. The van der Waals surface area contributed by atoms with Gasteiger partial charge in [-0.1, -0.05) is 0 Å². The van der Waals surface area contributed by atoms with Gasteiger partial charge < -0.3 is 15.8 Å². The molecule has 0 radical (unpaired) electrons. The van der Waals surface area contributed by atoms with E-state index in [1.54, 1.807) is 0 Å². The summed E-state index contributed by atoms with van der Waals surface area (Å²) in [5.41, 5.74) is 4.93. The van der Waals surface area contributed by atoms with Gasteiger partial charge in [0.25, 0.3) is 0 Å². The van der Waals surface area contributed by atoms with Crippen molar-refractivity contribution in [3.05, 3.63) is 0 Å². The summed E-state index contributed by atoms with van der Waals surface area (Å²) in [6.45, 7) is 2.15. The van der Waals surface area contributed by atoms with E-state index < -0.39 is 0 Å². The van der Waals surface area contributed by atoms with Gasteiger partial charge in [0.1, 0.15) is 0 Å². The number of carbonyl (C=O) groups is 1. The van der Waals surface area contributed by atoms with Crippen molar-refractivity contribution in [2.24, 2.45) is 5.73 Å². The third-order valence-corrected chi connectivity index (χ3v) is 1.21. The molecular formula is C7H16N2O2. The Balaban J connectivity index is 2.85. The van der Waals surface area contributed by atoms with Crippen LogP contribution in [0.3, 0.4) is 0 Å². The number of likely N-dealkylation sites (N-methyl/N-ethyl adjacent to an activating group) is 1. The second-order valence-corrected chi connectivity index (χ2v) is 2.29. The minimum Gasteiger partial charge on any atom is -0.380 e. The zero-order valence-corrected chi connectivity index (χ0v) is 6.93. The Hall–Kier alpha value is -0.610. The molecule has 0 rings (SSSR count). The van der Waals surface area contributed by atoms with E-state index in [-0.39, 0.29) is 5.91 Å². The first kappa shape index (κ1) is 10.4. The van der Waals surface area contributed by atoms with Crippen molar-refractivity contribution in [3.8, 4) is 0 Å². The van der Waals surface area contributed by atoms with Gasteiger partial charge in [-0.2, -0.15) is 0 Å². The first-order chi connectivity index (χ1) is 5.27. The van der Waals surface area contributed by atoms with Gasteiger partial charge in [0, 0.05) is 19.6 Å². The molecule has 0 heterocycles. The highest BCUT2D eigenvalue weighted by Gasteiger charge is 1.93. The quantitative estimate of drug-likeness (QED) is 0.493. The Bertz CT molecular complexity index is 107. The van der Waals surface area contributed by atoms with E-state index in [0.717, 1.165) is 13.0 Å². The monoisotopic (exact) mass is 160 g/mol. The predicted molar refractivity (Wildman–Crippen MR) is 43.2 cm³/mol. The SMILES string of the molecule is CNCCOCCCC(N)=O. The first-order valence-corrected chi connectivity index (χ1v) is 3.78. The van der Waals surface area contributed by atoms with E-state index in [1.165, 1.54) is 0 Å². The molecule has 0 aliphatic carbocycles. The van der Waals surface area contributed by atoms with Gasteiger partial charge in [-0.25, -0.2) is 0 Å². The molecule has 0 saturated heterocycles. The van der Waals surface area contributed by atoms with Crippen LogP contribution in [0.2, 0.25) is 0 Å². The van der Waals surface area contributed by atoms with E-state index >= 15 is 0 Å². The fraction of sp³-hybridized carbons (Fsp3) is 0.857. The molecule has 4 nitrogen and oxygen atoms in total. The molecule has 0 aromatic rings. The number of hydrogen-bond acceptors (Lipinski definition) is 3. The van der Waals surface area contributed by atoms with Crippen LogP contribution in [0.5, 0.6) is 0 Å². The average molecular weight is 160 g/mol. The lowest BCUT2D eigenvalue weighted by molar-refractivity contribution is -0.118. The molecule has 0 spiro atoms. The van der Waals surface area contributed by atoms with E-state index in [1.807, 2.05) is 7.05 Å². The van der Waals surface area contributed by atoms with Gasteiger partial charge in [-0.3, -0.25) is 4.79 Å². The number of nitrogens with one attached hydrogen (secondary N) is 1. The molecule has 66 valence electrons. The maximum atomic E-state index is 10.2. The van der Waals surface area contributed by atoms with E-state index in [0.29, 0.717) is 19.6 Å². The zero-order valence-electron chi connectivity index (χ0n) is 6.93. The minimum atomic E-state index is -0.262. The summed E-state index contributed by atoms with van der Waals surface area (Å²) in [5.74, 6) is -0.262. The summed E-state index contributed by atoms with van der Waals surface area (Å²) in [5, 5.41) is 2.95. The van der Waals surface area contributed by atoms with Crippen molar-refractivity contribution in [2.75, 3.05) is 26.8 Å². The van der Waals surface area contributed by atoms with Crippen molar-refractivity contribution in [1.29, 1.82) is 0 Å². The number of hydrogen-bond donors (Lipinski definition) is 2. The molecule has 1 amide bonds. The smallest absolute Gasteiger partial charge is 0.217 e. The number of rotatable bonds is 7. The molecule has 0 aliphatic rings. The number of primary amides is 1. The summed E-state index contributed by atoms with van der Waals surface area (Å²) in [4.78, 5) is 10.2. The lowest BCUT2D eigenvalue weighted by Gasteiger charge is -2.01. The van der Waals surface area contributed by atoms with Crippen molar-refractivity contribution >= 4 is 5.91 Å². The molecule has 4 heteroatoms. The minimum absolute atomic E-state index is 0.262. The fourth-order valence-corrected chi connectivity index (χ4v) is 0.625. The summed E-state index contributed by atoms with van der Waals surface area (Å²) in [6.07, 6.45) is 1.14. The second-order valence-electron chi connectivity index (χ2n) is 2.29. The third kappa shape index (κ3) is 9.39. The van der Waals surface area contributed by atoms with E-state index in [2.05, 4.69) is 5.32 Å². The van der Waals surface area contributed by atoms with Gasteiger partial charge in [0.2, 0.25) is 5.91 Å². The van der Waals surface area contributed by atoms with Crippen molar-refractivity contribution in [2.45, 2.75) is 12.8 Å². The lowest BCUT2D eigenvalue weighted by atomic mass is 10.3. The molecule has 0 bridgehead atoms. The van der Waals surface area contributed by atoms with Crippen LogP contribution < -0.4 is 11.1 Å². The molecule has 0 unspecified atom stereocenters. The van der Waals surface area contributed by atoms with Crippen molar-refractivity contribution in [3.63, 3.8) is 0 Å². The van der Waals surface area contributed by atoms with Gasteiger partial charge in [-0.05, 0) is 13.5 Å². The van der Waals surface area contributed by atoms with E-state index in [4.69, 9.17) is 10.5 Å². The maximum absolute atomic E-state index is 10.2. The first-order valence-electron chi connectivity index (χ1n) is 3.78. The van der Waals surface area contributed by atoms with Crippen molar-refractivity contribution < 1.29 is 9.53 Å². The highest BCUT2D eigenvalue weighted by molar-refractivity contribution is 5.73. The van der Waals surface area contributed by atoms with Crippen LogP contribution >= 0.6 is 0 Å². The number of carbonyl (C=O) groups excluding carboxylic acids is 1. The Morgan fingerprint density at radius 3 is 2.82 bits per heavy atom. The molecule has 0 aromatic heterocycles. The summed E-state index contributed by atoms with van der Waals surface area (Å²) >= 11 is 0. The zero-order chi connectivity index (χ0) is 8.53. The Kier molecular flexibility index (Phi) is 7.08. The number of amides is 1. The van der Waals surface area contributed by atoms with Gasteiger partial charge >= 0.3 is 0 Å². The molecule has 0 saturated carbocycles. The third-order valence-electron chi connectivity index (χ3n) is 1.21. The summed E-state index contributed by atoms with van der Waals surface area (Å²) < 4.78 is 5.15. The molecule has 0 fully saturated rings. The van der Waals surface area contributed by atoms with Crippen LogP contribution in [0.15, 0.2) is 0 Å². The molecule has 0 atom stereocenters. The Labute approximate surface area is 67.1 Å². The topological polar surface area (TPSA) is 64.3 Å². The molecular weight excluding hydrogens is 144 g/mol. The Morgan fingerprint density at radius 2 is 2.27 bits per heavy atom.